The van der Waals surface area contributed by atoms with Gasteiger partial charge in [0, 0.05) is 6.42 Å². The number of aliphatic hydroxyl groups excluding tert-OH is 1. The fraction of sp³-hybridized carbons (Fsp3) is 0.833. The molecule has 0 aliphatic heterocycles. The van der Waals surface area contributed by atoms with Gasteiger partial charge < -0.3 is 19.8 Å². The number of quaternary nitrogens is 1. The zero-order chi connectivity index (χ0) is 46.4. The number of phosphoric acid groups is 1. The van der Waals surface area contributed by atoms with Gasteiger partial charge in [0.15, 0.2) is 0 Å². The molecule has 0 bridgehead atoms. The summed E-state index contributed by atoms with van der Waals surface area (Å²) in [6.07, 6.45) is 59.3. The molecule has 0 aromatic carbocycles. The second kappa shape index (κ2) is 45.6. The Bertz CT molecular complexity index is 1170. The lowest BCUT2D eigenvalue weighted by molar-refractivity contribution is -0.870. The van der Waals surface area contributed by atoms with Crippen molar-refractivity contribution in [3.8, 4) is 0 Å². The SMILES string of the molecule is CCCCCCCC/C=C/CC/C=C/C(O)C(COP(=O)(O)OCC[N+](C)(C)C)NC(=O)CCCCCCCCCCCCCCC/C=C\C/C=C\CCCCCCCCCCC. The Morgan fingerprint density at radius 3 is 1.37 bits per heavy atom. The molecule has 0 spiro atoms. The first kappa shape index (κ1) is 61.5. The van der Waals surface area contributed by atoms with Crippen molar-refractivity contribution < 1.29 is 32.9 Å². The van der Waals surface area contributed by atoms with Gasteiger partial charge in [-0.2, -0.15) is 0 Å². The first-order chi connectivity index (χ1) is 30.5. The Kier molecular flexibility index (Phi) is 44.5. The molecule has 0 rings (SSSR count). The maximum Gasteiger partial charge on any atom is 0.472 e. The summed E-state index contributed by atoms with van der Waals surface area (Å²) in [6.45, 7) is 4.78. The zero-order valence-corrected chi connectivity index (χ0v) is 43.0. The summed E-state index contributed by atoms with van der Waals surface area (Å²) in [5.74, 6) is -0.189. The van der Waals surface area contributed by atoms with Gasteiger partial charge in [-0.1, -0.05) is 217 Å². The second-order valence-electron chi connectivity index (χ2n) is 19.2. The lowest BCUT2D eigenvalue weighted by Crippen LogP contribution is -2.45. The molecule has 0 heterocycles. The van der Waals surface area contributed by atoms with Gasteiger partial charge in [0.25, 0.3) is 0 Å². The van der Waals surface area contributed by atoms with Crippen molar-refractivity contribution in [1.82, 2.24) is 5.32 Å². The van der Waals surface area contributed by atoms with Gasteiger partial charge in [-0.3, -0.25) is 13.8 Å². The Labute approximate surface area is 390 Å². The molecular formula is C54H104N2O6P+. The van der Waals surface area contributed by atoms with Crippen LogP contribution in [0.3, 0.4) is 0 Å². The molecule has 0 saturated heterocycles. The molecule has 1 amide bonds. The maximum absolute atomic E-state index is 12.9. The molecule has 0 aromatic heterocycles. The van der Waals surface area contributed by atoms with Gasteiger partial charge in [0.05, 0.1) is 39.9 Å². The predicted octanol–water partition coefficient (Wildman–Crippen LogP) is 15.6. The van der Waals surface area contributed by atoms with E-state index in [2.05, 4.69) is 55.6 Å². The third-order valence-electron chi connectivity index (χ3n) is 11.8. The van der Waals surface area contributed by atoms with Crippen LogP contribution in [0.15, 0.2) is 48.6 Å². The Morgan fingerprint density at radius 1 is 0.540 bits per heavy atom. The standard InChI is InChI=1S/C54H103N2O6P/c1-6-8-10-12-14-16-18-20-21-22-23-24-25-26-27-28-29-30-31-32-33-34-35-36-38-40-42-44-46-48-54(58)55-52(51-62-63(59,60)61-50-49-56(3,4)5)53(57)47-45-43-41-39-37-19-17-15-13-11-9-7-2/h23-24,26-27,37,39,45,47,52-53,57H,6-22,25,28-36,38,40-44,46,48-51H2,1-5H3,(H-,55,58,59,60)/p+1/b24-23-,27-26-,39-37+,47-45+. The normalized spacial score (nSPS) is 14.5. The van der Waals surface area contributed by atoms with Crippen LogP contribution in [0.25, 0.3) is 0 Å². The molecular weight excluding hydrogens is 804 g/mol. The molecule has 3 atom stereocenters. The number of allylic oxidation sites excluding steroid dienone is 7. The van der Waals surface area contributed by atoms with Crippen LogP contribution in [-0.2, 0) is 18.4 Å². The average Bonchev–Trinajstić information content (AvgIpc) is 3.24. The second-order valence-corrected chi connectivity index (χ2v) is 20.7. The largest absolute Gasteiger partial charge is 0.472 e. The van der Waals surface area contributed by atoms with Crippen LogP contribution >= 0.6 is 7.82 Å². The topological polar surface area (TPSA) is 105 Å². The van der Waals surface area contributed by atoms with Crippen molar-refractivity contribution >= 4 is 13.7 Å². The fourth-order valence-corrected chi connectivity index (χ4v) is 8.29. The van der Waals surface area contributed by atoms with Crippen LogP contribution in [0.4, 0.5) is 0 Å². The molecule has 63 heavy (non-hydrogen) atoms. The molecule has 0 aliphatic rings. The number of aliphatic hydroxyl groups is 1. The molecule has 0 aromatic rings. The van der Waals surface area contributed by atoms with E-state index < -0.39 is 20.0 Å². The van der Waals surface area contributed by atoms with E-state index in [-0.39, 0.29) is 19.1 Å². The van der Waals surface area contributed by atoms with E-state index in [9.17, 15) is 19.4 Å². The minimum Gasteiger partial charge on any atom is -0.387 e. The van der Waals surface area contributed by atoms with Crippen molar-refractivity contribution in [1.29, 1.82) is 0 Å². The van der Waals surface area contributed by atoms with Crippen LogP contribution in [0.1, 0.15) is 239 Å². The minimum absolute atomic E-state index is 0.0553. The summed E-state index contributed by atoms with van der Waals surface area (Å²) in [4.78, 5) is 23.2. The van der Waals surface area contributed by atoms with Crippen LogP contribution in [-0.4, -0.2) is 73.4 Å². The number of carbonyl (C=O) groups is 1. The van der Waals surface area contributed by atoms with Crippen LogP contribution < -0.4 is 5.32 Å². The number of amides is 1. The summed E-state index contributed by atoms with van der Waals surface area (Å²) >= 11 is 0. The highest BCUT2D eigenvalue weighted by atomic mass is 31.2. The first-order valence-corrected chi connectivity index (χ1v) is 28.0. The van der Waals surface area contributed by atoms with Gasteiger partial charge >= 0.3 is 7.82 Å². The van der Waals surface area contributed by atoms with Crippen molar-refractivity contribution in [2.45, 2.75) is 251 Å². The van der Waals surface area contributed by atoms with Crippen molar-refractivity contribution in [3.63, 3.8) is 0 Å². The van der Waals surface area contributed by atoms with E-state index in [1.165, 1.54) is 173 Å². The number of carbonyl (C=O) groups excluding carboxylic acids is 1. The highest BCUT2D eigenvalue weighted by molar-refractivity contribution is 7.47. The number of rotatable bonds is 48. The molecule has 3 N–H and O–H groups in total. The van der Waals surface area contributed by atoms with E-state index in [1.807, 2.05) is 27.2 Å². The minimum atomic E-state index is -4.35. The van der Waals surface area contributed by atoms with E-state index in [0.29, 0.717) is 17.4 Å². The average molecular weight is 908 g/mol. The van der Waals surface area contributed by atoms with Crippen molar-refractivity contribution in [3.05, 3.63) is 48.6 Å². The number of phosphoric ester groups is 1. The first-order valence-electron chi connectivity index (χ1n) is 26.5. The van der Waals surface area contributed by atoms with Gasteiger partial charge in [0.1, 0.15) is 13.2 Å². The lowest BCUT2D eigenvalue weighted by atomic mass is 10.0. The number of likely N-dealkylation sites (N-methyl/N-ethyl adjacent to an activating group) is 1. The zero-order valence-electron chi connectivity index (χ0n) is 42.1. The number of nitrogens with zero attached hydrogens (tertiary/aromatic N) is 1. The number of unbranched alkanes of at least 4 members (excludes halogenated alkanes) is 29. The molecule has 9 heteroatoms. The van der Waals surface area contributed by atoms with Crippen LogP contribution in [0, 0.1) is 0 Å². The highest BCUT2D eigenvalue weighted by Crippen LogP contribution is 2.43. The lowest BCUT2D eigenvalue weighted by Gasteiger charge is -2.25. The van der Waals surface area contributed by atoms with Crippen molar-refractivity contribution in [2.24, 2.45) is 0 Å². The van der Waals surface area contributed by atoms with E-state index in [0.717, 1.165) is 44.9 Å². The maximum atomic E-state index is 12.9. The number of hydrogen-bond acceptors (Lipinski definition) is 5. The summed E-state index contributed by atoms with van der Waals surface area (Å²) in [7, 11) is 1.55. The molecule has 370 valence electrons. The highest BCUT2D eigenvalue weighted by Gasteiger charge is 2.27. The predicted molar refractivity (Wildman–Crippen MR) is 272 cm³/mol. The third-order valence-corrected chi connectivity index (χ3v) is 12.8. The van der Waals surface area contributed by atoms with Crippen molar-refractivity contribution in [2.75, 3.05) is 40.9 Å². The van der Waals surface area contributed by atoms with Gasteiger partial charge in [0.2, 0.25) is 5.91 Å². The Balaban J connectivity index is 4.13. The number of hydrogen-bond donors (Lipinski definition) is 3. The summed E-state index contributed by atoms with van der Waals surface area (Å²) in [6, 6.07) is -0.863. The summed E-state index contributed by atoms with van der Waals surface area (Å²) in [5, 5.41) is 13.8. The van der Waals surface area contributed by atoms with Crippen LogP contribution in [0.2, 0.25) is 0 Å². The molecule has 0 radical (unpaired) electrons. The number of nitrogens with one attached hydrogen (secondary N) is 1. The molecule has 0 fully saturated rings. The monoisotopic (exact) mass is 908 g/mol. The summed E-state index contributed by atoms with van der Waals surface area (Å²) in [5.41, 5.74) is 0. The third kappa shape index (κ3) is 48.2. The Morgan fingerprint density at radius 2 is 0.921 bits per heavy atom. The van der Waals surface area contributed by atoms with Crippen LogP contribution in [0.5, 0.6) is 0 Å². The molecule has 3 unspecified atom stereocenters. The summed E-state index contributed by atoms with van der Waals surface area (Å²) < 4.78 is 23.6. The van der Waals surface area contributed by atoms with E-state index in [1.54, 1.807) is 6.08 Å². The van der Waals surface area contributed by atoms with E-state index in [4.69, 9.17) is 9.05 Å². The fourth-order valence-electron chi connectivity index (χ4n) is 7.56. The van der Waals surface area contributed by atoms with Gasteiger partial charge in [-0.25, -0.2) is 4.57 Å². The molecule has 0 aliphatic carbocycles. The van der Waals surface area contributed by atoms with E-state index >= 15 is 0 Å². The molecule has 8 nitrogen and oxygen atoms in total. The quantitative estimate of drug-likeness (QED) is 0.0243. The van der Waals surface area contributed by atoms with Gasteiger partial charge in [-0.15, -0.1) is 0 Å². The Hall–Kier alpha value is -1.54. The molecule has 0 saturated carbocycles. The smallest absolute Gasteiger partial charge is 0.387 e. The van der Waals surface area contributed by atoms with Gasteiger partial charge in [-0.05, 0) is 64.2 Å².